The minimum Gasteiger partial charge on any atom is -0.377 e. The highest BCUT2D eigenvalue weighted by Gasteiger charge is 2.28. The Labute approximate surface area is 249 Å². The zero-order chi connectivity index (χ0) is 29.5. The number of carbonyl (C=O) groups is 1. The molecule has 0 aromatic rings. The van der Waals surface area contributed by atoms with Crippen molar-refractivity contribution in [2.24, 2.45) is 5.73 Å². The van der Waals surface area contributed by atoms with Gasteiger partial charge in [-0.1, -0.05) is 142 Å². The number of carbonyl (C=O) groups excluding carboxylic acids is 1. The Morgan fingerprint density at radius 1 is 0.575 bits per heavy atom. The second kappa shape index (κ2) is 31.3. The van der Waals surface area contributed by atoms with E-state index in [1.54, 1.807) is 0 Å². The van der Waals surface area contributed by atoms with E-state index >= 15 is 0 Å². The highest BCUT2D eigenvalue weighted by Crippen LogP contribution is 2.14. The van der Waals surface area contributed by atoms with Crippen molar-refractivity contribution in [2.45, 2.75) is 167 Å². The third-order valence-corrected chi connectivity index (χ3v) is 7.71. The lowest BCUT2D eigenvalue weighted by atomic mass is 10.1. The zero-order valence-electron chi connectivity index (χ0n) is 27.4. The molecule has 2 N–H and O–H groups in total. The van der Waals surface area contributed by atoms with Crippen LogP contribution in [0.15, 0.2) is 0 Å². The van der Waals surface area contributed by atoms with E-state index in [9.17, 15) is 4.79 Å². The fourth-order valence-electron chi connectivity index (χ4n) is 5.02. The summed E-state index contributed by atoms with van der Waals surface area (Å²) in [5.74, 6) is -0.455. The molecule has 0 saturated carbocycles. The summed E-state index contributed by atoms with van der Waals surface area (Å²) in [4.78, 5) is 14.4. The lowest BCUT2D eigenvalue weighted by molar-refractivity contribution is -0.148. The van der Waals surface area contributed by atoms with Gasteiger partial charge < -0.3 is 24.8 Å². The van der Waals surface area contributed by atoms with Crippen LogP contribution in [-0.4, -0.2) is 70.1 Å². The van der Waals surface area contributed by atoms with E-state index in [-0.39, 0.29) is 0 Å². The van der Waals surface area contributed by atoms with Crippen LogP contribution in [0.25, 0.3) is 0 Å². The van der Waals surface area contributed by atoms with E-state index in [4.69, 9.17) is 19.9 Å². The average Bonchev–Trinajstić information content (AvgIpc) is 2.93. The predicted octanol–water partition coefficient (Wildman–Crippen LogP) is 8.44. The molecule has 0 aromatic carbocycles. The van der Waals surface area contributed by atoms with E-state index < -0.39 is 18.1 Å². The summed E-state index contributed by atoms with van der Waals surface area (Å²) < 4.78 is 18.0. The number of rotatable bonds is 33. The van der Waals surface area contributed by atoms with Crippen molar-refractivity contribution in [1.29, 1.82) is 0 Å². The first kappa shape index (κ1) is 39.3. The first-order chi connectivity index (χ1) is 19.5. The monoisotopic (exact) mass is 571 g/mol. The Bertz CT molecular complexity index is 518. The minimum absolute atomic E-state index is 0.331. The molecule has 0 aliphatic rings. The average molecular weight is 571 g/mol. The van der Waals surface area contributed by atoms with Crippen molar-refractivity contribution >= 4 is 5.91 Å². The molecule has 2 unspecified atom stereocenters. The molecule has 0 heterocycles. The van der Waals surface area contributed by atoms with Crippen molar-refractivity contribution in [3.63, 3.8) is 0 Å². The van der Waals surface area contributed by atoms with Crippen LogP contribution in [-0.2, 0) is 19.0 Å². The Kier molecular flexibility index (Phi) is 30.7. The third-order valence-electron chi connectivity index (χ3n) is 7.71. The van der Waals surface area contributed by atoms with Crippen LogP contribution in [0.3, 0.4) is 0 Å². The van der Waals surface area contributed by atoms with Gasteiger partial charge in [0.1, 0.15) is 6.10 Å². The molecule has 6 nitrogen and oxygen atoms in total. The molecule has 0 aliphatic carbocycles. The standard InChI is InChI=1S/C34H70N2O4/c1-5-7-9-11-13-15-17-18-20-22-24-26-29-40-33(34(35)37)32(31-38-30-27-36(3)4)39-28-25-23-21-19-16-14-12-10-8-6-2/h32-33H,5-31H2,1-4H3,(H2,35,37). The number of ether oxygens (including phenoxy) is 3. The number of hydrogen-bond donors (Lipinski definition) is 1. The van der Waals surface area contributed by atoms with Crippen LogP contribution in [0.1, 0.15) is 155 Å². The molecular weight excluding hydrogens is 500 g/mol. The molecule has 0 rings (SSSR count). The summed E-state index contributed by atoms with van der Waals surface area (Å²) in [6.07, 6.45) is 27.2. The van der Waals surface area contributed by atoms with Gasteiger partial charge in [0.2, 0.25) is 5.91 Å². The fraction of sp³-hybridized carbons (Fsp3) is 0.971. The second-order valence-corrected chi connectivity index (χ2v) is 12.1. The van der Waals surface area contributed by atoms with Crippen LogP contribution in [0, 0.1) is 0 Å². The number of unbranched alkanes of at least 4 members (excludes halogenated alkanes) is 20. The number of likely N-dealkylation sites (N-methyl/N-ethyl adjacent to an activating group) is 1. The van der Waals surface area contributed by atoms with E-state index in [1.807, 2.05) is 14.1 Å². The van der Waals surface area contributed by atoms with Gasteiger partial charge in [0.05, 0.1) is 13.2 Å². The van der Waals surface area contributed by atoms with Gasteiger partial charge in [-0.3, -0.25) is 4.79 Å². The van der Waals surface area contributed by atoms with Crippen molar-refractivity contribution in [3.05, 3.63) is 0 Å². The van der Waals surface area contributed by atoms with Crippen LogP contribution < -0.4 is 5.73 Å². The smallest absolute Gasteiger partial charge is 0.249 e. The molecule has 0 aromatic heterocycles. The maximum absolute atomic E-state index is 12.3. The van der Waals surface area contributed by atoms with E-state index in [0.29, 0.717) is 26.4 Å². The Balaban J connectivity index is 4.19. The number of nitrogens with zero attached hydrogens (tertiary/aromatic N) is 1. The highest BCUT2D eigenvalue weighted by molar-refractivity contribution is 5.79. The number of nitrogens with two attached hydrogens (primary N) is 1. The summed E-state index contributed by atoms with van der Waals surface area (Å²) >= 11 is 0. The van der Waals surface area contributed by atoms with Crippen molar-refractivity contribution < 1.29 is 19.0 Å². The Morgan fingerprint density at radius 3 is 1.32 bits per heavy atom. The lowest BCUT2D eigenvalue weighted by Gasteiger charge is -2.25. The van der Waals surface area contributed by atoms with Gasteiger partial charge in [-0.25, -0.2) is 0 Å². The molecule has 6 heteroatoms. The van der Waals surface area contributed by atoms with E-state index in [0.717, 1.165) is 32.2 Å². The third kappa shape index (κ3) is 27.5. The van der Waals surface area contributed by atoms with Crippen LogP contribution in [0.5, 0.6) is 0 Å². The van der Waals surface area contributed by atoms with Crippen molar-refractivity contribution in [2.75, 3.05) is 47.1 Å². The molecule has 0 aliphatic heterocycles. The van der Waals surface area contributed by atoms with Gasteiger partial charge in [-0.15, -0.1) is 0 Å². The summed E-state index contributed by atoms with van der Waals surface area (Å²) in [5.41, 5.74) is 5.76. The first-order valence-electron chi connectivity index (χ1n) is 17.3. The molecule has 0 radical (unpaired) electrons. The first-order valence-corrected chi connectivity index (χ1v) is 17.3. The van der Waals surface area contributed by atoms with E-state index in [2.05, 4.69) is 18.7 Å². The molecule has 2 atom stereocenters. The van der Waals surface area contributed by atoms with Crippen LogP contribution >= 0.6 is 0 Å². The minimum atomic E-state index is -0.754. The number of hydrogen-bond acceptors (Lipinski definition) is 5. The molecular formula is C34H70N2O4. The lowest BCUT2D eigenvalue weighted by Crippen LogP contribution is -2.45. The normalized spacial score (nSPS) is 13.2. The SMILES string of the molecule is CCCCCCCCCCCCCCOC(C(N)=O)C(COCCN(C)C)OCCCCCCCCCCCC. The number of primary amides is 1. The van der Waals surface area contributed by atoms with Gasteiger partial charge in [0.15, 0.2) is 6.10 Å². The zero-order valence-corrected chi connectivity index (χ0v) is 27.4. The fourth-order valence-corrected chi connectivity index (χ4v) is 5.02. The Hall–Kier alpha value is -0.690. The summed E-state index contributed by atoms with van der Waals surface area (Å²) in [6, 6.07) is 0. The quantitative estimate of drug-likeness (QED) is 0.0801. The van der Waals surface area contributed by atoms with E-state index in [1.165, 1.54) is 116 Å². The number of amides is 1. The molecule has 240 valence electrons. The maximum atomic E-state index is 12.3. The van der Waals surface area contributed by atoms with Crippen molar-refractivity contribution in [3.8, 4) is 0 Å². The van der Waals surface area contributed by atoms with Gasteiger partial charge in [-0.2, -0.15) is 0 Å². The summed E-state index contributed by atoms with van der Waals surface area (Å²) in [6.45, 7) is 7.44. The van der Waals surface area contributed by atoms with Crippen LogP contribution in [0.2, 0.25) is 0 Å². The largest absolute Gasteiger partial charge is 0.377 e. The second-order valence-electron chi connectivity index (χ2n) is 12.1. The van der Waals surface area contributed by atoms with Crippen LogP contribution in [0.4, 0.5) is 0 Å². The molecule has 0 saturated heterocycles. The topological polar surface area (TPSA) is 74.0 Å². The predicted molar refractivity (Wildman–Crippen MR) is 171 cm³/mol. The molecule has 0 spiro atoms. The molecule has 0 bridgehead atoms. The van der Waals surface area contributed by atoms with Gasteiger partial charge in [-0.05, 0) is 26.9 Å². The summed E-state index contributed by atoms with van der Waals surface area (Å²) in [5, 5.41) is 0. The van der Waals surface area contributed by atoms with Gasteiger partial charge in [0.25, 0.3) is 0 Å². The summed E-state index contributed by atoms with van der Waals surface area (Å²) in [7, 11) is 4.04. The molecule has 40 heavy (non-hydrogen) atoms. The molecule has 0 fully saturated rings. The van der Waals surface area contributed by atoms with Gasteiger partial charge in [0, 0.05) is 19.8 Å². The van der Waals surface area contributed by atoms with Gasteiger partial charge >= 0.3 is 0 Å². The Morgan fingerprint density at radius 2 is 0.950 bits per heavy atom. The van der Waals surface area contributed by atoms with Crippen molar-refractivity contribution in [1.82, 2.24) is 4.90 Å². The highest BCUT2D eigenvalue weighted by atomic mass is 16.6. The maximum Gasteiger partial charge on any atom is 0.249 e. The molecule has 1 amide bonds.